The second kappa shape index (κ2) is 12.4. The highest BCUT2D eigenvalue weighted by molar-refractivity contribution is 5.83. The smallest absolute Gasteiger partial charge is 0.325 e. The molecular weight excluding hydrogens is 398 g/mol. The summed E-state index contributed by atoms with van der Waals surface area (Å²) in [5, 5.41) is 13.1. The third-order valence-electron chi connectivity index (χ3n) is 4.65. The molecule has 0 heterocycles. The molecule has 2 aromatic rings. The summed E-state index contributed by atoms with van der Waals surface area (Å²) < 4.78 is 15.4. The van der Waals surface area contributed by atoms with E-state index >= 15 is 0 Å². The number of nitrogens with one attached hydrogen (secondary N) is 1. The number of esters is 1. The molecule has 0 fully saturated rings. The van der Waals surface area contributed by atoms with E-state index in [1.165, 1.54) is 6.08 Å². The minimum Gasteiger partial charge on any atom is -0.493 e. The van der Waals surface area contributed by atoms with E-state index in [1.54, 1.807) is 32.4 Å². The van der Waals surface area contributed by atoms with Gasteiger partial charge in [0.05, 0.1) is 26.7 Å². The Kier molecular flexibility index (Phi) is 9.58. The number of aliphatic hydroxyl groups excluding tert-OH is 1. The van der Waals surface area contributed by atoms with Crippen molar-refractivity contribution in [2.45, 2.75) is 25.4 Å². The second-order valence-corrected chi connectivity index (χ2v) is 6.91. The van der Waals surface area contributed by atoms with Crippen molar-refractivity contribution < 1.29 is 28.9 Å². The normalized spacial score (nSPS) is 11.3. The van der Waals surface area contributed by atoms with Gasteiger partial charge in [-0.25, -0.2) is 0 Å². The molecule has 0 unspecified atom stereocenters. The van der Waals surface area contributed by atoms with E-state index in [-0.39, 0.29) is 25.5 Å². The SMILES string of the molecule is C=CCOC(=O)CNC(=O)Cc1cccc([C@H](O)CCc2ccc(OC)c(OC)c2)c1. The van der Waals surface area contributed by atoms with Crippen molar-refractivity contribution in [3.8, 4) is 11.5 Å². The van der Waals surface area contributed by atoms with Crippen molar-refractivity contribution in [2.75, 3.05) is 27.4 Å². The highest BCUT2D eigenvalue weighted by atomic mass is 16.5. The highest BCUT2D eigenvalue weighted by Crippen LogP contribution is 2.29. The van der Waals surface area contributed by atoms with Gasteiger partial charge in [0, 0.05) is 0 Å². The quantitative estimate of drug-likeness (QED) is 0.400. The number of hydrogen-bond acceptors (Lipinski definition) is 6. The molecule has 2 rings (SSSR count). The zero-order valence-corrected chi connectivity index (χ0v) is 17.9. The van der Waals surface area contributed by atoms with Gasteiger partial charge in [0.1, 0.15) is 13.2 Å². The summed E-state index contributed by atoms with van der Waals surface area (Å²) >= 11 is 0. The molecule has 0 bridgehead atoms. The van der Waals surface area contributed by atoms with Gasteiger partial charge in [-0.2, -0.15) is 0 Å². The zero-order chi connectivity index (χ0) is 22.6. The van der Waals surface area contributed by atoms with Crippen LogP contribution in [0.5, 0.6) is 11.5 Å². The molecule has 7 nitrogen and oxygen atoms in total. The molecule has 0 aromatic heterocycles. The molecule has 7 heteroatoms. The summed E-state index contributed by atoms with van der Waals surface area (Å²) in [5.74, 6) is 0.489. The fraction of sp³-hybridized carbons (Fsp3) is 0.333. The van der Waals surface area contributed by atoms with Crippen LogP contribution in [0.25, 0.3) is 0 Å². The lowest BCUT2D eigenvalue weighted by molar-refractivity contribution is -0.142. The summed E-state index contributed by atoms with van der Waals surface area (Å²) in [6.45, 7) is 3.37. The number of ether oxygens (including phenoxy) is 3. The zero-order valence-electron chi connectivity index (χ0n) is 17.9. The number of amides is 1. The van der Waals surface area contributed by atoms with E-state index in [2.05, 4.69) is 11.9 Å². The summed E-state index contributed by atoms with van der Waals surface area (Å²) in [4.78, 5) is 23.5. The summed E-state index contributed by atoms with van der Waals surface area (Å²) in [6.07, 6.45) is 2.05. The molecule has 1 amide bonds. The molecule has 0 spiro atoms. The summed E-state index contributed by atoms with van der Waals surface area (Å²) in [5.41, 5.74) is 2.51. The average Bonchev–Trinajstić information content (AvgIpc) is 2.79. The van der Waals surface area contributed by atoms with Crippen LogP contribution in [0, 0.1) is 0 Å². The molecule has 0 aliphatic carbocycles. The van der Waals surface area contributed by atoms with Crippen LogP contribution >= 0.6 is 0 Å². The van der Waals surface area contributed by atoms with Gasteiger partial charge in [-0.3, -0.25) is 9.59 Å². The van der Waals surface area contributed by atoms with Crippen LogP contribution in [0.2, 0.25) is 0 Å². The van der Waals surface area contributed by atoms with Gasteiger partial charge in [0.15, 0.2) is 11.5 Å². The molecule has 1 atom stereocenters. The fourth-order valence-corrected chi connectivity index (χ4v) is 3.04. The molecule has 0 aliphatic rings. The van der Waals surface area contributed by atoms with E-state index in [4.69, 9.17) is 14.2 Å². The standard InChI is InChI=1S/C24H29NO6/c1-4-12-31-24(28)16-25-23(27)15-18-6-5-7-19(13-18)20(26)10-8-17-9-11-21(29-2)22(14-17)30-3/h4-7,9,11,13-14,20,26H,1,8,10,12,15-16H2,2-3H3,(H,25,27)/t20-/m1/s1. The number of aryl methyl sites for hydroxylation is 1. The Morgan fingerprint density at radius 2 is 1.87 bits per heavy atom. The van der Waals surface area contributed by atoms with Gasteiger partial charge < -0.3 is 24.6 Å². The average molecular weight is 427 g/mol. The van der Waals surface area contributed by atoms with Gasteiger partial charge in [-0.1, -0.05) is 43.0 Å². The lowest BCUT2D eigenvalue weighted by Crippen LogP contribution is -2.31. The van der Waals surface area contributed by atoms with Crippen molar-refractivity contribution in [2.24, 2.45) is 0 Å². The van der Waals surface area contributed by atoms with Crippen LogP contribution in [-0.2, 0) is 27.2 Å². The molecule has 0 radical (unpaired) electrons. The Hall–Kier alpha value is -3.32. The predicted octanol–water partition coefficient (Wildman–Crippen LogP) is 2.76. The molecule has 31 heavy (non-hydrogen) atoms. The topological polar surface area (TPSA) is 94.1 Å². The monoisotopic (exact) mass is 427 g/mol. The lowest BCUT2D eigenvalue weighted by Gasteiger charge is -2.14. The molecule has 2 N–H and O–H groups in total. The van der Waals surface area contributed by atoms with Crippen LogP contribution in [0.1, 0.15) is 29.2 Å². The Labute approximate surface area is 182 Å². The van der Waals surface area contributed by atoms with E-state index in [9.17, 15) is 14.7 Å². The number of benzene rings is 2. The highest BCUT2D eigenvalue weighted by Gasteiger charge is 2.12. The van der Waals surface area contributed by atoms with Gasteiger partial charge in [0.2, 0.25) is 5.91 Å². The van der Waals surface area contributed by atoms with Crippen LogP contribution in [0.3, 0.4) is 0 Å². The van der Waals surface area contributed by atoms with Crippen LogP contribution in [0.15, 0.2) is 55.1 Å². The number of carbonyl (C=O) groups excluding carboxylic acids is 2. The molecular formula is C24H29NO6. The number of carbonyl (C=O) groups is 2. The Bertz CT molecular complexity index is 895. The molecule has 0 aliphatic heterocycles. The third-order valence-corrected chi connectivity index (χ3v) is 4.65. The van der Waals surface area contributed by atoms with Gasteiger partial charge >= 0.3 is 5.97 Å². The summed E-state index contributed by atoms with van der Waals surface area (Å²) in [7, 11) is 3.17. The fourth-order valence-electron chi connectivity index (χ4n) is 3.04. The maximum atomic E-state index is 12.1. The first kappa shape index (κ1) is 24.0. The van der Waals surface area contributed by atoms with Crippen LogP contribution < -0.4 is 14.8 Å². The predicted molar refractivity (Wildman–Crippen MR) is 117 cm³/mol. The van der Waals surface area contributed by atoms with Crippen molar-refractivity contribution in [3.63, 3.8) is 0 Å². The maximum Gasteiger partial charge on any atom is 0.325 e. The molecule has 0 saturated carbocycles. The van der Waals surface area contributed by atoms with Crippen LogP contribution in [0.4, 0.5) is 0 Å². The number of aliphatic hydroxyl groups is 1. The molecule has 166 valence electrons. The van der Waals surface area contributed by atoms with E-state index in [0.29, 0.717) is 24.3 Å². The van der Waals surface area contributed by atoms with Crippen molar-refractivity contribution >= 4 is 11.9 Å². The first-order valence-corrected chi connectivity index (χ1v) is 9.97. The Morgan fingerprint density at radius 3 is 2.58 bits per heavy atom. The van der Waals surface area contributed by atoms with Gasteiger partial charge in [-0.15, -0.1) is 0 Å². The molecule has 2 aromatic carbocycles. The minimum atomic E-state index is -0.676. The Balaban J connectivity index is 1.89. The lowest BCUT2D eigenvalue weighted by atomic mass is 9.98. The van der Waals surface area contributed by atoms with Crippen molar-refractivity contribution in [1.82, 2.24) is 5.32 Å². The first-order valence-electron chi connectivity index (χ1n) is 9.97. The van der Waals surface area contributed by atoms with Crippen molar-refractivity contribution in [3.05, 3.63) is 71.8 Å². The van der Waals surface area contributed by atoms with Crippen molar-refractivity contribution in [1.29, 1.82) is 0 Å². The Morgan fingerprint density at radius 1 is 1.10 bits per heavy atom. The summed E-state index contributed by atoms with van der Waals surface area (Å²) in [6, 6.07) is 12.9. The van der Waals surface area contributed by atoms with Gasteiger partial charge in [-0.05, 0) is 41.7 Å². The van der Waals surface area contributed by atoms with E-state index in [1.807, 2.05) is 24.3 Å². The van der Waals surface area contributed by atoms with Crippen LogP contribution in [-0.4, -0.2) is 44.4 Å². The maximum absolute atomic E-state index is 12.1. The third kappa shape index (κ3) is 7.79. The van der Waals surface area contributed by atoms with E-state index in [0.717, 1.165) is 16.7 Å². The van der Waals surface area contributed by atoms with Gasteiger partial charge in [0.25, 0.3) is 0 Å². The van der Waals surface area contributed by atoms with E-state index < -0.39 is 12.1 Å². The second-order valence-electron chi connectivity index (χ2n) is 6.91. The number of rotatable bonds is 12. The number of methoxy groups -OCH3 is 2. The largest absolute Gasteiger partial charge is 0.493 e. The molecule has 0 saturated heterocycles. The minimum absolute atomic E-state index is 0.102. The first-order chi connectivity index (χ1) is 15.0. The number of hydrogen-bond donors (Lipinski definition) is 2.